The lowest BCUT2D eigenvalue weighted by Crippen LogP contribution is -2.38. The number of fused-ring (bicyclic) bond motifs is 1. The number of carbonyl (C=O) groups excluding carboxylic acids is 1. The van der Waals surface area contributed by atoms with Crippen molar-refractivity contribution in [1.82, 2.24) is 19.9 Å². The molecular formula is C24H28F5N5O2S. The van der Waals surface area contributed by atoms with Crippen molar-refractivity contribution >= 4 is 33.0 Å². The molecule has 1 aliphatic heterocycles. The van der Waals surface area contributed by atoms with Gasteiger partial charge in [0, 0.05) is 30.9 Å². The summed E-state index contributed by atoms with van der Waals surface area (Å²) in [4.78, 5) is 24.8. The van der Waals surface area contributed by atoms with Gasteiger partial charge in [-0.25, -0.2) is 9.97 Å². The fraction of sp³-hybridized carbons (Fsp3) is 0.458. The number of aromatic nitrogens is 3. The molecule has 5 rings (SSSR count). The molecule has 0 spiro atoms. The van der Waals surface area contributed by atoms with Crippen molar-refractivity contribution in [3.8, 4) is 0 Å². The van der Waals surface area contributed by atoms with E-state index in [1.807, 2.05) is 6.07 Å². The van der Waals surface area contributed by atoms with E-state index in [1.165, 1.54) is 4.90 Å². The molecule has 37 heavy (non-hydrogen) atoms. The Balaban J connectivity index is 1.30. The number of aromatic amines is 1. The molecule has 13 heteroatoms. The molecule has 1 saturated heterocycles. The molecule has 1 saturated carbocycles. The van der Waals surface area contributed by atoms with Crippen LogP contribution in [0.15, 0.2) is 35.4 Å². The molecule has 2 aromatic heterocycles. The van der Waals surface area contributed by atoms with E-state index in [0.717, 1.165) is 48.7 Å². The summed E-state index contributed by atoms with van der Waals surface area (Å²) in [6.07, 6.45) is 5.81. The Hall–Kier alpha value is -2.93. The van der Waals surface area contributed by atoms with Crippen LogP contribution in [-0.4, -0.2) is 50.1 Å². The highest BCUT2D eigenvalue weighted by molar-refractivity contribution is 8.45. The zero-order valence-corrected chi connectivity index (χ0v) is 20.7. The number of benzene rings is 1. The number of H-pyrrole nitrogens is 1. The van der Waals surface area contributed by atoms with E-state index in [1.54, 1.807) is 6.20 Å². The smallest absolute Gasteiger partial charge is 0.310 e. The second kappa shape index (κ2) is 8.29. The Kier molecular flexibility index (Phi) is 5.76. The number of nitrogens with one attached hydrogen (secondary N) is 1. The number of anilines is 1. The number of hydrogen-bond acceptors (Lipinski definition) is 5. The molecule has 202 valence electrons. The van der Waals surface area contributed by atoms with Crippen LogP contribution in [0.3, 0.4) is 0 Å². The van der Waals surface area contributed by atoms with Crippen molar-refractivity contribution < 1.29 is 29.3 Å². The number of rotatable bonds is 4. The number of aliphatic hydroxyl groups excluding tert-OH is 1. The molecule has 2 fully saturated rings. The normalized spacial score (nSPS) is 23.6. The summed E-state index contributed by atoms with van der Waals surface area (Å²) in [6.45, 7) is 0.662. The largest absolute Gasteiger partial charge is 0.398 e. The highest BCUT2D eigenvalue weighted by atomic mass is 32.5. The summed E-state index contributed by atoms with van der Waals surface area (Å²) in [5.74, 6) is 0.609. The average Bonchev–Trinajstić information content (AvgIpc) is 3.27. The summed E-state index contributed by atoms with van der Waals surface area (Å²) >= 11 is 0. The van der Waals surface area contributed by atoms with E-state index in [0.29, 0.717) is 31.6 Å². The van der Waals surface area contributed by atoms with Crippen LogP contribution >= 0.6 is 10.2 Å². The molecule has 1 amide bonds. The van der Waals surface area contributed by atoms with Crippen LogP contribution in [0.4, 0.5) is 25.1 Å². The van der Waals surface area contributed by atoms with Crippen molar-refractivity contribution in [3.63, 3.8) is 0 Å². The molecule has 1 aliphatic carbocycles. The van der Waals surface area contributed by atoms with Gasteiger partial charge < -0.3 is 20.7 Å². The Morgan fingerprint density at radius 3 is 2.30 bits per heavy atom. The molecule has 0 radical (unpaired) electrons. The maximum absolute atomic E-state index is 13.1. The first-order valence-electron chi connectivity index (χ1n) is 12.1. The summed E-state index contributed by atoms with van der Waals surface area (Å²) in [7, 11) is -9.89. The summed E-state index contributed by atoms with van der Waals surface area (Å²) in [5, 5.41) is 9.79. The van der Waals surface area contributed by atoms with E-state index in [2.05, 4.69) is 15.0 Å². The molecule has 2 aliphatic rings. The first-order chi connectivity index (χ1) is 17.2. The van der Waals surface area contributed by atoms with Gasteiger partial charge in [0.15, 0.2) is 5.65 Å². The van der Waals surface area contributed by atoms with Crippen molar-refractivity contribution in [2.75, 3.05) is 18.8 Å². The van der Waals surface area contributed by atoms with Gasteiger partial charge in [-0.05, 0) is 74.3 Å². The van der Waals surface area contributed by atoms with E-state index >= 15 is 0 Å². The summed E-state index contributed by atoms with van der Waals surface area (Å²) in [5.41, 5.74) is 7.24. The molecule has 1 aromatic carbocycles. The molecule has 4 N–H and O–H groups in total. The Morgan fingerprint density at radius 1 is 1.00 bits per heavy atom. The number of imidazole rings is 1. The van der Waals surface area contributed by atoms with Crippen LogP contribution in [0, 0.1) is 0 Å². The van der Waals surface area contributed by atoms with Crippen LogP contribution in [0.5, 0.6) is 0 Å². The zero-order chi connectivity index (χ0) is 26.7. The number of hydrogen-bond donors (Lipinski definition) is 3. The Bertz CT molecular complexity index is 1350. The minimum Gasteiger partial charge on any atom is -0.398 e. The zero-order valence-electron chi connectivity index (χ0n) is 19.8. The molecular weight excluding hydrogens is 517 g/mol. The number of nitrogen functional groups attached to an aromatic ring is 1. The predicted octanol–water partition coefficient (Wildman–Crippen LogP) is 6.24. The molecule has 7 nitrogen and oxygen atoms in total. The van der Waals surface area contributed by atoms with Gasteiger partial charge in [0.2, 0.25) is 0 Å². The molecule has 3 heterocycles. The monoisotopic (exact) mass is 545 g/mol. The highest BCUT2D eigenvalue weighted by Gasteiger charge is 2.65. The number of amides is 1. The number of aliphatic hydroxyl groups is 1. The van der Waals surface area contributed by atoms with Crippen LogP contribution in [0.1, 0.15) is 72.1 Å². The summed E-state index contributed by atoms with van der Waals surface area (Å²) < 4.78 is 65.4. The first-order valence-corrected chi connectivity index (χ1v) is 14.1. The predicted molar refractivity (Wildman–Crippen MR) is 131 cm³/mol. The highest BCUT2D eigenvalue weighted by Crippen LogP contribution is 3.02. The Labute approximate surface area is 210 Å². The van der Waals surface area contributed by atoms with E-state index in [4.69, 9.17) is 5.73 Å². The van der Waals surface area contributed by atoms with Crippen molar-refractivity contribution in [1.29, 1.82) is 0 Å². The number of piperidine rings is 1. The lowest BCUT2D eigenvalue weighted by molar-refractivity contribution is 0.0714. The number of likely N-dealkylation sites (tertiary alicyclic amines) is 1. The van der Waals surface area contributed by atoms with Gasteiger partial charge in [0.05, 0.1) is 17.2 Å². The van der Waals surface area contributed by atoms with Crippen LogP contribution < -0.4 is 5.73 Å². The standard InChI is InChI=1S/C24H28F5N5O2S/c25-37(26,27,28,29)17-5-6-19(20(30)13-17)24(36)34-11-8-14(9-12-34)18-7-10-31-23-21(18)32-22(33-23)15-1-3-16(35)4-2-15/h5-7,10,13-16,35H,1-4,8-9,11-12,30H2,(H,31,32,33). The number of carbonyl (C=O) groups is 1. The molecule has 0 bridgehead atoms. The van der Waals surface area contributed by atoms with Crippen LogP contribution in [0.2, 0.25) is 0 Å². The third-order valence-electron chi connectivity index (χ3n) is 7.45. The van der Waals surface area contributed by atoms with Crippen molar-refractivity contribution in [2.24, 2.45) is 0 Å². The maximum Gasteiger partial charge on any atom is 0.310 e. The number of nitrogens with zero attached hydrogens (tertiary/aromatic N) is 3. The van der Waals surface area contributed by atoms with Crippen molar-refractivity contribution in [3.05, 3.63) is 47.4 Å². The van der Waals surface area contributed by atoms with Gasteiger partial charge >= 0.3 is 10.2 Å². The SMILES string of the molecule is Nc1cc(S(F)(F)(F)(F)F)ccc1C(=O)N1CCC(c2ccnc3nc(C4CCC(O)CC4)[nH]c23)CC1. The van der Waals surface area contributed by atoms with Crippen LogP contribution in [0.25, 0.3) is 11.2 Å². The number of halogens is 5. The molecule has 0 atom stereocenters. The van der Waals surface area contributed by atoms with Crippen molar-refractivity contribution in [2.45, 2.75) is 61.4 Å². The number of nitrogens with two attached hydrogens (primary N) is 1. The molecule has 3 aromatic rings. The van der Waals surface area contributed by atoms with Gasteiger partial charge in [0.25, 0.3) is 5.91 Å². The lowest BCUT2D eigenvalue weighted by Gasteiger charge is -2.40. The quantitative estimate of drug-likeness (QED) is 0.266. The van der Waals surface area contributed by atoms with Gasteiger partial charge in [-0.3, -0.25) is 4.79 Å². The fourth-order valence-electron chi connectivity index (χ4n) is 5.37. The fourth-order valence-corrected chi connectivity index (χ4v) is 6.05. The topological polar surface area (TPSA) is 108 Å². The second-order valence-electron chi connectivity index (χ2n) is 10.0. The van der Waals surface area contributed by atoms with Gasteiger partial charge in [-0.15, -0.1) is 0 Å². The van der Waals surface area contributed by atoms with Gasteiger partial charge in [-0.2, -0.15) is 0 Å². The number of pyridine rings is 1. The van der Waals surface area contributed by atoms with E-state index in [9.17, 15) is 29.3 Å². The average molecular weight is 546 g/mol. The lowest BCUT2D eigenvalue weighted by atomic mass is 9.87. The summed E-state index contributed by atoms with van der Waals surface area (Å²) in [6, 6.07) is 3.00. The minimum absolute atomic E-state index is 0.101. The van der Waals surface area contributed by atoms with E-state index < -0.39 is 26.7 Å². The van der Waals surface area contributed by atoms with Gasteiger partial charge in [0.1, 0.15) is 10.7 Å². The Morgan fingerprint density at radius 2 is 1.68 bits per heavy atom. The second-order valence-corrected chi connectivity index (χ2v) is 12.4. The third kappa shape index (κ3) is 5.24. The third-order valence-corrected chi connectivity index (χ3v) is 8.59. The van der Waals surface area contributed by atoms with Crippen LogP contribution in [-0.2, 0) is 0 Å². The molecule has 0 unspecified atom stereocenters. The van der Waals surface area contributed by atoms with Gasteiger partial charge in [-0.1, -0.05) is 19.4 Å². The minimum atomic E-state index is -9.89. The maximum atomic E-state index is 13.1. The first kappa shape index (κ1) is 25.7. The van der Waals surface area contributed by atoms with E-state index in [-0.39, 0.29) is 35.6 Å².